The third-order valence-corrected chi connectivity index (χ3v) is 4.15. The molecule has 0 aromatic heterocycles. The van der Waals surface area contributed by atoms with Gasteiger partial charge in [0.05, 0.1) is 0 Å². The maximum atomic E-state index is 12.1. The first-order chi connectivity index (χ1) is 7.73. The minimum absolute atomic E-state index is 0.0303. The van der Waals surface area contributed by atoms with E-state index in [1.807, 2.05) is 0 Å². The molecule has 1 rings (SSSR count). The largest absolute Gasteiger partial charge is 0.441 e. The van der Waals surface area contributed by atoms with E-state index in [2.05, 4.69) is 26.1 Å². The predicted molar refractivity (Wildman–Crippen MR) is 67.1 cm³/mol. The summed E-state index contributed by atoms with van der Waals surface area (Å²) in [5, 5.41) is 3.36. The lowest BCUT2D eigenvalue weighted by Crippen LogP contribution is -2.37. The molecule has 1 N–H and O–H groups in total. The van der Waals surface area contributed by atoms with Gasteiger partial charge in [0.1, 0.15) is 0 Å². The van der Waals surface area contributed by atoms with Crippen molar-refractivity contribution in [3.05, 3.63) is 0 Å². The van der Waals surface area contributed by atoms with E-state index in [9.17, 15) is 13.2 Å². The highest BCUT2D eigenvalue weighted by molar-refractivity contribution is 8.00. The number of rotatable bonds is 7. The highest BCUT2D eigenvalue weighted by atomic mass is 32.2. The second-order valence-corrected chi connectivity index (χ2v) is 6.67. The summed E-state index contributed by atoms with van der Waals surface area (Å²) < 4.78 is 36.3. The number of thioether (sulfide) groups is 1. The molecule has 17 heavy (non-hydrogen) atoms. The topological polar surface area (TPSA) is 12.0 Å². The fourth-order valence-electron chi connectivity index (χ4n) is 2.05. The Morgan fingerprint density at radius 3 is 2.29 bits per heavy atom. The van der Waals surface area contributed by atoms with E-state index in [0.717, 1.165) is 6.54 Å². The van der Waals surface area contributed by atoms with Crippen LogP contribution < -0.4 is 5.32 Å². The molecule has 1 atom stereocenters. The van der Waals surface area contributed by atoms with Crippen molar-refractivity contribution < 1.29 is 13.2 Å². The van der Waals surface area contributed by atoms with Crippen molar-refractivity contribution in [2.75, 3.05) is 12.3 Å². The second-order valence-electron chi connectivity index (χ2n) is 5.51. The van der Waals surface area contributed by atoms with Crippen molar-refractivity contribution in [2.24, 2.45) is 11.3 Å². The molecule has 0 aliphatic heterocycles. The van der Waals surface area contributed by atoms with E-state index in [-0.39, 0.29) is 22.9 Å². The molecular weight excluding hydrogens is 247 g/mol. The fourth-order valence-corrected chi connectivity index (χ4v) is 2.85. The molecule has 1 aliphatic carbocycles. The molecule has 5 heteroatoms. The smallest absolute Gasteiger partial charge is 0.314 e. The first-order valence-corrected chi connectivity index (χ1v) is 7.15. The lowest BCUT2D eigenvalue weighted by atomic mass is 9.82. The third kappa shape index (κ3) is 6.00. The Hall–Kier alpha value is 0.100. The zero-order chi connectivity index (χ0) is 13.1. The van der Waals surface area contributed by atoms with Gasteiger partial charge < -0.3 is 5.32 Å². The average Bonchev–Trinajstić information content (AvgIpc) is 2.95. The Morgan fingerprint density at radius 2 is 1.88 bits per heavy atom. The SMILES string of the molecule is CC(C)NCC(C)(CCSC(F)(F)F)C1CC1. The van der Waals surface area contributed by atoms with E-state index in [1.54, 1.807) is 0 Å². The van der Waals surface area contributed by atoms with Gasteiger partial charge in [-0.25, -0.2) is 0 Å². The van der Waals surface area contributed by atoms with Crippen molar-refractivity contribution in [3.8, 4) is 0 Å². The normalized spacial score (nSPS) is 20.6. The van der Waals surface area contributed by atoms with Crippen LogP contribution in [0.5, 0.6) is 0 Å². The van der Waals surface area contributed by atoms with E-state index in [0.29, 0.717) is 18.4 Å². The van der Waals surface area contributed by atoms with Gasteiger partial charge in [-0.15, -0.1) is 0 Å². The summed E-state index contributed by atoms with van der Waals surface area (Å²) in [4.78, 5) is 0. The van der Waals surface area contributed by atoms with Gasteiger partial charge in [-0.2, -0.15) is 13.2 Å². The summed E-state index contributed by atoms with van der Waals surface area (Å²) in [7, 11) is 0. The highest BCUT2D eigenvalue weighted by Gasteiger charge is 2.41. The molecule has 0 spiro atoms. The van der Waals surface area contributed by atoms with Gasteiger partial charge in [0, 0.05) is 18.3 Å². The van der Waals surface area contributed by atoms with Crippen molar-refractivity contribution >= 4 is 11.8 Å². The zero-order valence-electron chi connectivity index (χ0n) is 10.7. The van der Waals surface area contributed by atoms with Crippen LogP contribution in [0.4, 0.5) is 13.2 Å². The second kappa shape index (κ2) is 5.83. The Kier molecular flexibility index (Phi) is 5.20. The Morgan fingerprint density at radius 1 is 1.29 bits per heavy atom. The number of alkyl halides is 3. The van der Waals surface area contributed by atoms with Crippen LogP contribution in [0.1, 0.15) is 40.0 Å². The summed E-state index contributed by atoms with van der Waals surface area (Å²) in [6.07, 6.45) is 2.99. The lowest BCUT2D eigenvalue weighted by Gasteiger charge is -2.31. The number of halogens is 3. The first kappa shape index (κ1) is 15.2. The van der Waals surface area contributed by atoms with Gasteiger partial charge in [0.2, 0.25) is 0 Å². The van der Waals surface area contributed by atoms with E-state index in [4.69, 9.17) is 0 Å². The van der Waals surface area contributed by atoms with Crippen molar-refractivity contribution in [2.45, 2.75) is 51.6 Å². The third-order valence-electron chi connectivity index (χ3n) is 3.42. The first-order valence-electron chi connectivity index (χ1n) is 6.17. The van der Waals surface area contributed by atoms with Crippen LogP contribution in [0, 0.1) is 11.3 Å². The minimum Gasteiger partial charge on any atom is -0.314 e. The van der Waals surface area contributed by atoms with Crippen molar-refractivity contribution in [1.29, 1.82) is 0 Å². The van der Waals surface area contributed by atoms with Crippen LogP contribution in [0.25, 0.3) is 0 Å². The molecule has 0 radical (unpaired) electrons. The Bertz CT molecular complexity index is 238. The monoisotopic (exact) mass is 269 g/mol. The zero-order valence-corrected chi connectivity index (χ0v) is 11.5. The van der Waals surface area contributed by atoms with Gasteiger partial charge in [-0.1, -0.05) is 32.5 Å². The maximum absolute atomic E-state index is 12.1. The van der Waals surface area contributed by atoms with Crippen LogP contribution in [-0.2, 0) is 0 Å². The lowest BCUT2D eigenvalue weighted by molar-refractivity contribution is -0.0329. The Labute approximate surface area is 106 Å². The minimum atomic E-state index is -4.09. The molecule has 0 heterocycles. The van der Waals surface area contributed by atoms with Crippen LogP contribution in [0.2, 0.25) is 0 Å². The molecule has 1 unspecified atom stereocenters. The molecule has 1 saturated carbocycles. The summed E-state index contributed by atoms with van der Waals surface area (Å²) >= 11 is 0.112. The molecule has 0 aromatic carbocycles. The van der Waals surface area contributed by atoms with Gasteiger partial charge in [0.15, 0.2) is 0 Å². The number of hydrogen-bond donors (Lipinski definition) is 1. The van der Waals surface area contributed by atoms with Gasteiger partial charge in [-0.05, 0) is 30.6 Å². The van der Waals surface area contributed by atoms with Crippen LogP contribution in [0.15, 0.2) is 0 Å². The predicted octanol–water partition coefficient (Wildman–Crippen LogP) is 4.04. The highest BCUT2D eigenvalue weighted by Crippen LogP contribution is 2.48. The van der Waals surface area contributed by atoms with E-state index < -0.39 is 5.51 Å². The molecule has 0 bridgehead atoms. The molecule has 0 saturated heterocycles. The fraction of sp³-hybridized carbons (Fsp3) is 1.00. The maximum Gasteiger partial charge on any atom is 0.441 e. The molecule has 102 valence electrons. The van der Waals surface area contributed by atoms with Crippen molar-refractivity contribution in [3.63, 3.8) is 0 Å². The van der Waals surface area contributed by atoms with E-state index >= 15 is 0 Å². The van der Waals surface area contributed by atoms with Gasteiger partial charge in [-0.3, -0.25) is 0 Å². The number of hydrogen-bond acceptors (Lipinski definition) is 2. The van der Waals surface area contributed by atoms with Crippen LogP contribution >= 0.6 is 11.8 Å². The Balaban J connectivity index is 2.36. The average molecular weight is 269 g/mol. The molecule has 0 amide bonds. The molecule has 1 nitrogen and oxygen atoms in total. The molecule has 1 aliphatic rings. The summed E-state index contributed by atoms with van der Waals surface area (Å²) in [5.74, 6) is 0.790. The summed E-state index contributed by atoms with van der Waals surface area (Å²) in [6, 6.07) is 0.392. The molecule has 1 fully saturated rings. The van der Waals surface area contributed by atoms with Crippen LogP contribution in [0.3, 0.4) is 0 Å². The summed E-state index contributed by atoms with van der Waals surface area (Å²) in [6.45, 7) is 7.08. The van der Waals surface area contributed by atoms with Gasteiger partial charge >= 0.3 is 5.51 Å². The van der Waals surface area contributed by atoms with Gasteiger partial charge in [0.25, 0.3) is 0 Å². The molecular formula is C12H22F3NS. The molecule has 0 aromatic rings. The standard InChI is InChI=1S/C12H22F3NS/c1-9(2)16-8-11(3,10-4-5-10)6-7-17-12(13,14)15/h9-10,16H,4-8H2,1-3H3. The van der Waals surface area contributed by atoms with Crippen molar-refractivity contribution in [1.82, 2.24) is 5.32 Å². The quantitative estimate of drug-likeness (QED) is 0.748. The summed E-state index contributed by atoms with van der Waals surface area (Å²) in [5.41, 5.74) is -4.06. The van der Waals surface area contributed by atoms with E-state index in [1.165, 1.54) is 12.8 Å². The van der Waals surface area contributed by atoms with Crippen LogP contribution in [-0.4, -0.2) is 23.8 Å². The number of nitrogens with one attached hydrogen (secondary N) is 1.